The predicted octanol–water partition coefficient (Wildman–Crippen LogP) is 3.27. The van der Waals surface area contributed by atoms with E-state index in [4.69, 9.17) is 0 Å². The molecule has 1 N–H and O–H groups in total. The molecule has 2 aromatic rings. The molecule has 0 aliphatic carbocycles. The highest BCUT2D eigenvalue weighted by Gasteiger charge is 2.32. The van der Waals surface area contributed by atoms with Crippen LogP contribution >= 0.6 is 0 Å². The fraction of sp³-hybridized carbons (Fsp3) is 0.417. The average Bonchev–Trinajstić information content (AvgIpc) is 2.77. The Morgan fingerprint density at radius 1 is 1.06 bits per heavy atom. The molecule has 0 fully saturated rings. The zero-order chi connectivity index (χ0) is 24.8. The number of carbonyl (C=O) groups excluding carboxylic acids is 2. The van der Waals surface area contributed by atoms with Crippen molar-refractivity contribution in [3.63, 3.8) is 0 Å². The third kappa shape index (κ3) is 6.77. The van der Waals surface area contributed by atoms with Gasteiger partial charge in [-0.3, -0.25) is 13.9 Å². The normalized spacial score (nSPS) is 12.3. The molecule has 2 amide bonds. The number of rotatable bonds is 10. The zero-order valence-electron chi connectivity index (χ0n) is 19.7. The molecule has 1 atom stereocenters. The first-order valence-corrected chi connectivity index (χ1v) is 12.7. The Morgan fingerprint density at radius 2 is 1.67 bits per heavy atom. The standard InChI is InChI=1S/C24H32FN3O4S/c1-6-21(24(30)26-4)27(15-18-11-13-19(25)14-12-18)23(29)16-28(33(5,31)32)22-10-8-7-9-20(22)17(2)3/h7-14,17,21H,6,15-16H2,1-5H3,(H,26,30)/t21-/m0/s1. The number of halogens is 1. The summed E-state index contributed by atoms with van der Waals surface area (Å²) in [6.07, 6.45) is 1.38. The molecule has 0 aliphatic rings. The molecular formula is C24H32FN3O4S. The molecule has 0 spiro atoms. The Hall–Kier alpha value is -2.94. The molecule has 0 bridgehead atoms. The van der Waals surface area contributed by atoms with E-state index < -0.39 is 34.3 Å². The van der Waals surface area contributed by atoms with Crippen LogP contribution in [-0.2, 0) is 26.2 Å². The van der Waals surface area contributed by atoms with Gasteiger partial charge in [-0.15, -0.1) is 0 Å². The SMILES string of the molecule is CC[C@@H](C(=O)NC)N(Cc1ccc(F)cc1)C(=O)CN(c1ccccc1C(C)C)S(C)(=O)=O. The topological polar surface area (TPSA) is 86.8 Å². The second-order valence-electron chi connectivity index (χ2n) is 8.17. The lowest BCUT2D eigenvalue weighted by Gasteiger charge is -2.33. The second kappa shape index (κ2) is 11.3. The van der Waals surface area contributed by atoms with Gasteiger partial charge in [-0.1, -0.05) is 51.1 Å². The molecule has 0 aromatic heterocycles. The summed E-state index contributed by atoms with van der Waals surface area (Å²) in [5.41, 5.74) is 1.85. The van der Waals surface area contributed by atoms with Gasteiger partial charge >= 0.3 is 0 Å². The number of hydrogen-bond donors (Lipinski definition) is 1. The van der Waals surface area contributed by atoms with Gasteiger partial charge in [0.05, 0.1) is 11.9 Å². The van der Waals surface area contributed by atoms with Gasteiger partial charge in [0, 0.05) is 13.6 Å². The van der Waals surface area contributed by atoms with Gasteiger partial charge in [0.15, 0.2) is 0 Å². The summed E-state index contributed by atoms with van der Waals surface area (Å²) in [5.74, 6) is -1.27. The first kappa shape index (κ1) is 26.3. The van der Waals surface area contributed by atoms with Crippen LogP contribution in [0.5, 0.6) is 0 Å². The molecule has 33 heavy (non-hydrogen) atoms. The Kier molecular flexibility index (Phi) is 8.99. The summed E-state index contributed by atoms with van der Waals surface area (Å²) in [6.45, 7) is 5.24. The van der Waals surface area contributed by atoms with Gasteiger partial charge < -0.3 is 10.2 Å². The van der Waals surface area contributed by atoms with E-state index in [9.17, 15) is 22.4 Å². The van der Waals surface area contributed by atoms with E-state index in [1.165, 1.54) is 36.2 Å². The Labute approximate surface area is 195 Å². The van der Waals surface area contributed by atoms with Gasteiger partial charge in [-0.25, -0.2) is 12.8 Å². The van der Waals surface area contributed by atoms with E-state index in [0.29, 0.717) is 17.7 Å². The first-order chi connectivity index (χ1) is 15.5. The van der Waals surface area contributed by atoms with Crippen molar-refractivity contribution >= 4 is 27.5 Å². The number of nitrogens with one attached hydrogen (secondary N) is 1. The van der Waals surface area contributed by atoms with Crippen molar-refractivity contribution in [1.82, 2.24) is 10.2 Å². The predicted molar refractivity (Wildman–Crippen MR) is 128 cm³/mol. The molecule has 7 nitrogen and oxygen atoms in total. The first-order valence-electron chi connectivity index (χ1n) is 10.8. The molecule has 9 heteroatoms. The van der Waals surface area contributed by atoms with Gasteiger partial charge in [-0.2, -0.15) is 0 Å². The highest BCUT2D eigenvalue weighted by atomic mass is 32.2. The third-order valence-electron chi connectivity index (χ3n) is 5.41. The van der Waals surface area contributed by atoms with Gasteiger partial charge in [0.2, 0.25) is 21.8 Å². The number of hydrogen-bond acceptors (Lipinski definition) is 4. The highest BCUT2D eigenvalue weighted by molar-refractivity contribution is 7.92. The molecule has 0 heterocycles. The molecule has 0 aliphatic heterocycles. The fourth-order valence-corrected chi connectivity index (χ4v) is 4.54. The maximum atomic E-state index is 13.5. The van der Waals surface area contributed by atoms with Gasteiger partial charge in [-0.05, 0) is 41.7 Å². The minimum absolute atomic E-state index is 0.0325. The number of nitrogens with zero attached hydrogens (tertiary/aromatic N) is 2. The van der Waals surface area contributed by atoms with Crippen molar-refractivity contribution in [3.05, 3.63) is 65.5 Å². The lowest BCUT2D eigenvalue weighted by atomic mass is 10.0. The summed E-state index contributed by atoms with van der Waals surface area (Å²) < 4.78 is 39.9. The highest BCUT2D eigenvalue weighted by Crippen LogP contribution is 2.29. The third-order valence-corrected chi connectivity index (χ3v) is 6.53. The van der Waals surface area contributed by atoms with E-state index in [2.05, 4.69) is 5.32 Å². The smallest absolute Gasteiger partial charge is 0.244 e. The van der Waals surface area contributed by atoms with Crippen LogP contribution in [0.2, 0.25) is 0 Å². The molecule has 2 aromatic carbocycles. The molecule has 180 valence electrons. The molecule has 0 unspecified atom stereocenters. The van der Waals surface area contributed by atoms with Crippen molar-refractivity contribution in [2.45, 2.75) is 45.7 Å². The summed E-state index contributed by atoms with van der Waals surface area (Å²) in [4.78, 5) is 27.4. The summed E-state index contributed by atoms with van der Waals surface area (Å²) >= 11 is 0. The zero-order valence-corrected chi connectivity index (χ0v) is 20.5. The van der Waals surface area contributed by atoms with Crippen LogP contribution in [-0.4, -0.2) is 51.0 Å². The van der Waals surface area contributed by atoms with Crippen LogP contribution in [0, 0.1) is 5.82 Å². The van der Waals surface area contributed by atoms with Gasteiger partial charge in [0.1, 0.15) is 18.4 Å². The molecule has 0 saturated carbocycles. The minimum Gasteiger partial charge on any atom is -0.357 e. The number of amides is 2. The lowest BCUT2D eigenvalue weighted by molar-refractivity contribution is -0.140. The minimum atomic E-state index is -3.80. The van der Waals surface area contributed by atoms with Crippen LogP contribution in [0.1, 0.15) is 44.2 Å². The maximum absolute atomic E-state index is 13.5. The number of carbonyl (C=O) groups is 2. The number of para-hydroxylation sites is 1. The molecule has 2 rings (SSSR count). The van der Waals surface area contributed by atoms with E-state index in [1.54, 1.807) is 19.1 Å². The monoisotopic (exact) mass is 477 g/mol. The largest absolute Gasteiger partial charge is 0.357 e. The molecule has 0 radical (unpaired) electrons. The van der Waals surface area contributed by atoms with E-state index in [0.717, 1.165) is 16.1 Å². The second-order valence-corrected chi connectivity index (χ2v) is 10.1. The van der Waals surface area contributed by atoms with Crippen LogP contribution in [0.15, 0.2) is 48.5 Å². The lowest BCUT2D eigenvalue weighted by Crippen LogP contribution is -2.51. The molecular weight excluding hydrogens is 445 g/mol. The van der Waals surface area contributed by atoms with Crippen LogP contribution in [0.25, 0.3) is 0 Å². The summed E-state index contributed by atoms with van der Waals surface area (Å²) in [6, 6.07) is 11.9. The van der Waals surface area contributed by atoms with Crippen molar-refractivity contribution < 1.29 is 22.4 Å². The van der Waals surface area contributed by atoms with Crippen LogP contribution in [0.4, 0.5) is 10.1 Å². The maximum Gasteiger partial charge on any atom is 0.244 e. The molecule has 0 saturated heterocycles. The van der Waals surface area contributed by atoms with Gasteiger partial charge in [0.25, 0.3) is 0 Å². The Morgan fingerprint density at radius 3 is 2.18 bits per heavy atom. The summed E-state index contributed by atoms with van der Waals surface area (Å²) in [7, 11) is -2.32. The quantitative estimate of drug-likeness (QED) is 0.569. The number of benzene rings is 2. The number of anilines is 1. The van der Waals surface area contributed by atoms with Crippen molar-refractivity contribution in [2.75, 3.05) is 24.2 Å². The van der Waals surface area contributed by atoms with Crippen molar-refractivity contribution in [2.24, 2.45) is 0 Å². The Bertz CT molecular complexity index is 1070. The fourth-order valence-electron chi connectivity index (χ4n) is 3.67. The van der Waals surface area contributed by atoms with E-state index >= 15 is 0 Å². The van der Waals surface area contributed by atoms with Crippen LogP contribution < -0.4 is 9.62 Å². The number of likely N-dealkylation sites (N-methyl/N-ethyl adjacent to an activating group) is 1. The van der Waals surface area contributed by atoms with Crippen molar-refractivity contribution in [3.8, 4) is 0 Å². The van der Waals surface area contributed by atoms with Crippen molar-refractivity contribution in [1.29, 1.82) is 0 Å². The summed E-state index contributed by atoms with van der Waals surface area (Å²) in [5, 5.41) is 2.56. The average molecular weight is 478 g/mol. The number of sulfonamides is 1. The van der Waals surface area contributed by atoms with E-state index in [1.807, 2.05) is 26.0 Å². The van der Waals surface area contributed by atoms with E-state index in [-0.39, 0.29) is 18.4 Å². The Balaban J connectivity index is 2.48. The van der Waals surface area contributed by atoms with Crippen LogP contribution in [0.3, 0.4) is 0 Å².